The van der Waals surface area contributed by atoms with E-state index in [9.17, 15) is 24.3 Å². The molecule has 2 heterocycles. The monoisotopic (exact) mass is 543 g/mol. The third-order valence-electron chi connectivity index (χ3n) is 6.04. The van der Waals surface area contributed by atoms with Crippen LogP contribution in [0.25, 0.3) is 10.9 Å². The molecule has 204 valence electrons. The van der Waals surface area contributed by atoms with Gasteiger partial charge in [-0.3, -0.25) is 14.4 Å². The van der Waals surface area contributed by atoms with Gasteiger partial charge in [-0.1, -0.05) is 18.2 Å². The van der Waals surface area contributed by atoms with Crippen LogP contribution < -0.4 is 21.7 Å². The van der Waals surface area contributed by atoms with E-state index in [1.54, 1.807) is 12.4 Å². The molecule has 13 heteroatoms. The summed E-state index contributed by atoms with van der Waals surface area (Å²) in [7, 11) is 0. The van der Waals surface area contributed by atoms with E-state index >= 15 is 0 Å². The van der Waals surface area contributed by atoms with Crippen LogP contribution >= 0.6 is 11.8 Å². The molecule has 0 aliphatic rings. The van der Waals surface area contributed by atoms with Gasteiger partial charge in [-0.15, -0.1) is 0 Å². The minimum Gasteiger partial charge on any atom is -0.480 e. The van der Waals surface area contributed by atoms with Gasteiger partial charge in [0.15, 0.2) is 0 Å². The summed E-state index contributed by atoms with van der Waals surface area (Å²) < 4.78 is 0. The highest BCUT2D eigenvalue weighted by molar-refractivity contribution is 7.98. The number of imidazole rings is 1. The number of aliphatic carboxylic acids is 1. The standard InChI is InChI=1S/C25H33N7O5S/c1-14(22(33)32-21(25(36)37)9-15-11-28-19-6-4-3-5-17(15)19)30-24(35)20(7-8-38-2)31-23(34)18(26)10-16-12-27-13-29-16/h3-6,11-14,18,20-21,28H,7-10,26H2,1-2H3,(H,27,29)(H,30,35)(H,31,34)(H,32,33)(H,36,37). The summed E-state index contributed by atoms with van der Waals surface area (Å²) >= 11 is 1.50. The zero-order valence-electron chi connectivity index (χ0n) is 21.2. The molecule has 0 aliphatic heterocycles. The number of hydrogen-bond acceptors (Lipinski definition) is 7. The predicted octanol–water partition coefficient (Wildman–Crippen LogP) is 0.316. The van der Waals surface area contributed by atoms with Crippen LogP contribution in [0.5, 0.6) is 0 Å². The molecular weight excluding hydrogens is 510 g/mol. The van der Waals surface area contributed by atoms with Gasteiger partial charge in [0.1, 0.15) is 18.1 Å². The van der Waals surface area contributed by atoms with Crippen molar-refractivity contribution in [2.24, 2.45) is 5.73 Å². The molecule has 0 fully saturated rings. The van der Waals surface area contributed by atoms with Crippen molar-refractivity contribution in [2.45, 2.75) is 50.4 Å². The fraction of sp³-hybridized carbons (Fsp3) is 0.400. The van der Waals surface area contributed by atoms with E-state index in [-0.39, 0.29) is 12.8 Å². The molecule has 0 spiro atoms. The van der Waals surface area contributed by atoms with Crippen LogP contribution in [0.1, 0.15) is 24.6 Å². The van der Waals surface area contributed by atoms with Crippen molar-refractivity contribution in [3.8, 4) is 0 Å². The van der Waals surface area contributed by atoms with E-state index < -0.39 is 47.9 Å². The van der Waals surface area contributed by atoms with Crippen molar-refractivity contribution >= 4 is 46.4 Å². The van der Waals surface area contributed by atoms with E-state index in [1.165, 1.54) is 25.0 Å². The van der Waals surface area contributed by atoms with Gasteiger partial charge >= 0.3 is 5.97 Å². The van der Waals surface area contributed by atoms with Gasteiger partial charge in [0.2, 0.25) is 17.7 Å². The van der Waals surface area contributed by atoms with E-state index in [1.807, 2.05) is 30.5 Å². The van der Waals surface area contributed by atoms with E-state index in [4.69, 9.17) is 5.73 Å². The van der Waals surface area contributed by atoms with Crippen molar-refractivity contribution in [1.29, 1.82) is 0 Å². The molecular formula is C25H33N7O5S. The molecule has 3 rings (SSSR count). The number of nitrogens with one attached hydrogen (secondary N) is 5. The number of para-hydroxylation sites is 1. The van der Waals surface area contributed by atoms with Crippen molar-refractivity contribution in [3.05, 3.63) is 54.2 Å². The van der Waals surface area contributed by atoms with Crippen LogP contribution in [0.2, 0.25) is 0 Å². The van der Waals surface area contributed by atoms with Gasteiger partial charge in [0, 0.05) is 41.8 Å². The Bertz CT molecular complexity index is 1250. The largest absolute Gasteiger partial charge is 0.480 e. The molecule has 3 aromatic rings. The molecule has 38 heavy (non-hydrogen) atoms. The Morgan fingerprint density at radius 1 is 1.03 bits per heavy atom. The molecule has 0 aliphatic carbocycles. The number of carboxylic acids is 1. The normalized spacial score (nSPS) is 14.3. The summed E-state index contributed by atoms with van der Waals surface area (Å²) in [5.41, 5.74) is 8.28. The number of nitrogens with two attached hydrogens (primary N) is 1. The van der Waals surface area contributed by atoms with Crippen molar-refractivity contribution in [1.82, 2.24) is 30.9 Å². The number of hydrogen-bond donors (Lipinski definition) is 7. The Morgan fingerprint density at radius 3 is 2.45 bits per heavy atom. The first-order valence-electron chi connectivity index (χ1n) is 12.1. The highest BCUT2D eigenvalue weighted by atomic mass is 32.2. The molecule has 0 bridgehead atoms. The minimum atomic E-state index is -1.20. The highest BCUT2D eigenvalue weighted by Crippen LogP contribution is 2.19. The average molecular weight is 544 g/mol. The van der Waals surface area contributed by atoms with Crippen molar-refractivity contribution in [3.63, 3.8) is 0 Å². The molecule has 1 aromatic carbocycles. The SMILES string of the molecule is CSCCC(NC(=O)C(N)Cc1cnc[nH]1)C(=O)NC(C)C(=O)NC(Cc1c[nH]c2ccccc12)C(=O)O. The number of thioether (sulfide) groups is 1. The van der Waals surface area contributed by atoms with Gasteiger partial charge < -0.3 is 36.8 Å². The maximum Gasteiger partial charge on any atom is 0.326 e. The Labute approximate surface area is 223 Å². The molecule has 8 N–H and O–H groups in total. The van der Waals surface area contributed by atoms with Gasteiger partial charge in [0.05, 0.1) is 12.4 Å². The molecule has 4 unspecified atom stereocenters. The van der Waals surface area contributed by atoms with Crippen molar-refractivity contribution in [2.75, 3.05) is 12.0 Å². The number of aromatic amines is 2. The summed E-state index contributed by atoms with van der Waals surface area (Å²) in [6.07, 6.45) is 7.23. The Morgan fingerprint density at radius 2 is 1.76 bits per heavy atom. The predicted molar refractivity (Wildman–Crippen MR) is 144 cm³/mol. The number of rotatable bonds is 14. The number of fused-ring (bicyclic) bond motifs is 1. The number of carboxylic acid groups (broad SMARTS) is 1. The Balaban J connectivity index is 1.59. The zero-order chi connectivity index (χ0) is 27.7. The van der Waals surface area contributed by atoms with Crippen LogP contribution in [0, 0.1) is 0 Å². The van der Waals surface area contributed by atoms with E-state index in [2.05, 4.69) is 30.9 Å². The second-order valence-electron chi connectivity index (χ2n) is 8.92. The molecule has 4 atom stereocenters. The van der Waals surface area contributed by atoms with Gasteiger partial charge in [-0.25, -0.2) is 9.78 Å². The minimum absolute atomic E-state index is 0.0619. The van der Waals surface area contributed by atoms with E-state index in [0.29, 0.717) is 17.9 Å². The topological polar surface area (TPSA) is 195 Å². The van der Waals surface area contributed by atoms with Crippen LogP contribution in [-0.2, 0) is 32.0 Å². The van der Waals surface area contributed by atoms with Gasteiger partial charge in [-0.2, -0.15) is 11.8 Å². The fourth-order valence-corrected chi connectivity index (χ4v) is 4.38. The summed E-state index contributed by atoms with van der Waals surface area (Å²) in [5, 5.41) is 18.3. The van der Waals surface area contributed by atoms with Crippen LogP contribution in [0.3, 0.4) is 0 Å². The smallest absolute Gasteiger partial charge is 0.326 e. The molecule has 0 saturated carbocycles. The number of carbonyl (C=O) groups excluding carboxylic acids is 3. The summed E-state index contributed by atoms with van der Waals surface area (Å²) in [5.74, 6) is -2.34. The Kier molecular flexibility index (Phi) is 10.3. The quantitative estimate of drug-likeness (QED) is 0.151. The highest BCUT2D eigenvalue weighted by Gasteiger charge is 2.28. The summed E-state index contributed by atoms with van der Waals surface area (Å²) in [6.45, 7) is 1.45. The number of aromatic nitrogens is 3. The second-order valence-corrected chi connectivity index (χ2v) is 9.91. The fourth-order valence-electron chi connectivity index (χ4n) is 3.91. The maximum absolute atomic E-state index is 13.0. The number of nitrogens with zero attached hydrogens (tertiary/aromatic N) is 1. The first-order valence-corrected chi connectivity index (χ1v) is 13.5. The molecule has 0 radical (unpaired) electrons. The zero-order valence-corrected chi connectivity index (χ0v) is 22.0. The lowest BCUT2D eigenvalue weighted by Gasteiger charge is -2.23. The lowest BCUT2D eigenvalue weighted by molar-refractivity contribution is -0.142. The summed E-state index contributed by atoms with van der Waals surface area (Å²) in [4.78, 5) is 60.2. The van der Waals surface area contributed by atoms with Crippen LogP contribution in [-0.4, -0.2) is 79.9 Å². The third kappa shape index (κ3) is 7.83. The van der Waals surface area contributed by atoms with Gasteiger partial charge in [-0.05, 0) is 37.0 Å². The number of H-pyrrole nitrogens is 2. The lowest BCUT2D eigenvalue weighted by atomic mass is 10.0. The number of benzene rings is 1. The Hall–Kier alpha value is -3.84. The van der Waals surface area contributed by atoms with Crippen molar-refractivity contribution < 1.29 is 24.3 Å². The maximum atomic E-state index is 13.0. The molecule has 3 amide bonds. The molecule has 12 nitrogen and oxygen atoms in total. The van der Waals surface area contributed by atoms with Gasteiger partial charge in [0.25, 0.3) is 0 Å². The summed E-state index contributed by atoms with van der Waals surface area (Å²) in [6, 6.07) is 3.40. The van der Waals surface area contributed by atoms with Crippen LogP contribution in [0.15, 0.2) is 43.0 Å². The molecule has 2 aromatic heterocycles. The first kappa shape index (κ1) is 28.7. The lowest BCUT2D eigenvalue weighted by Crippen LogP contribution is -2.56. The van der Waals surface area contributed by atoms with E-state index in [0.717, 1.165) is 16.5 Å². The number of carbonyl (C=O) groups is 4. The van der Waals surface area contributed by atoms with Crippen LogP contribution in [0.4, 0.5) is 0 Å². The average Bonchev–Trinajstić information content (AvgIpc) is 3.55. The third-order valence-corrected chi connectivity index (χ3v) is 6.68. The second kappa shape index (κ2) is 13.6. The molecule has 0 saturated heterocycles. The first-order chi connectivity index (χ1) is 18.2. The number of amides is 3.